The Hall–Kier alpha value is -3.27. The lowest BCUT2D eigenvalue weighted by Gasteiger charge is -2.25. The first-order valence-electron chi connectivity index (χ1n) is 12.3. The summed E-state index contributed by atoms with van der Waals surface area (Å²) >= 11 is 6.32. The van der Waals surface area contributed by atoms with Crippen molar-refractivity contribution in [3.63, 3.8) is 0 Å². The predicted molar refractivity (Wildman–Crippen MR) is 143 cm³/mol. The number of hydrogen-bond acceptors (Lipinski definition) is 6. The van der Waals surface area contributed by atoms with E-state index in [1.54, 1.807) is 26.8 Å². The summed E-state index contributed by atoms with van der Waals surface area (Å²) < 4.78 is 6.76. The summed E-state index contributed by atoms with van der Waals surface area (Å²) in [4.78, 5) is 52.4. The molecule has 0 radical (unpaired) electrons. The number of benzene rings is 1. The Morgan fingerprint density at radius 2 is 1.78 bits per heavy atom. The zero-order valence-corrected chi connectivity index (χ0v) is 23.2. The number of amides is 2. The highest BCUT2D eigenvalue weighted by molar-refractivity contribution is 6.34. The van der Waals surface area contributed by atoms with Gasteiger partial charge in [0.15, 0.2) is 11.8 Å². The molecule has 1 heterocycles. The summed E-state index contributed by atoms with van der Waals surface area (Å²) in [6, 6.07) is 2.89. The van der Waals surface area contributed by atoms with Gasteiger partial charge in [0.05, 0.1) is 17.8 Å². The Morgan fingerprint density at radius 3 is 2.30 bits per heavy atom. The molecule has 0 bridgehead atoms. The number of unbranched alkanes of at least 4 members (excludes halogenated alkanes) is 1. The van der Waals surface area contributed by atoms with Crippen LogP contribution >= 0.6 is 11.6 Å². The average Bonchev–Trinajstić information content (AvgIpc) is 3.04. The number of ether oxygens (including phenoxy) is 1. The number of ketones is 1. The van der Waals surface area contributed by atoms with Gasteiger partial charge in [0.1, 0.15) is 0 Å². The van der Waals surface area contributed by atoms with Crippen LogP contribution in [0.5, 0.6) is 11.8 Å². The van der Waals surface area contributed by atoms with Gasteiger partial charge in [-0.25, -0.2) is 9.36 Å². The van der Waals surface area contributed by atoms with Crippen molar-refractivity contribution in [1.29, 1.82) is 0 Å². The van der Waals surface area contributed by atoms with Crippen LogP contribution in [0, 0.1) is 11.3 Å². The highest BCUT2D eigenvalue weighted by Gasteiger charge is 2.40. The Kier molecular flexibility index (Phi) is 9.97. The molecule has 0 aliphatic rings. The number of anilines is 2. The molecule has 2 unspecified atom stereocenters. The number of rotatable bonds is 11. The van der Waals surface area contributed by atoms with Gasteiger partial charge in [0.2, 0.25) is 5.91 Å². The highest BCUT2D eigenvalue weighted by Crippen LogP contribution is 2.33. The zero-order valence-electron chi connectivity index (χ0n) is 22.5. The molecular formula is C26H37ClN4O6. The molecule has 1 aromatic carbocycles. The molecule has 1 aromatic heterocycles. The molecule has 0 aliphatic carbocycles. The molecule has 3 N–H and O–H groups in total. The van der Waals surface area contributed by atoms with Crippen molar-refractivity contribution in [2.24, 2.45) is 18.4 Å². The Morgan fingerprint density at radius 1 is 1.14 bits per heavy atom. The average molecular weight is 537 g/mol. The molecule has 11 heteroatoms. The van der Waals surface area contributed by atoms with Crippen molar-refractivity contribution in [3.05, 3.63) is 33.7 Å². The molecule has 0 saturated carbocycles. The van der Waals surface area contributed by atoms with Crippen LogP contribution in [0.4, 0.5) is 11.4 Å². The van der Waals surface area contributed by atoms with E-state index in [1.165, 1.54) is 26.3 Å². The third-order valence-corrected chi connectivity index (χ3v) is 6.50. The molecule has 2 amide bonds. The van der Waals surface area contributed by atoms with Crippen LogP contribution in [0.3, 0.4) is 0 Å². The van der Waals surface area contributed by atoms with E-state index in [0.29, 0.717) is 16.7 Å². The number of methoxy groups -OCH3 is 1. The fourth-order valence-electron chi connectivity index (χ4n) is 3.93. The van der Waals surface area contributed by atoms with Crippen LogP contribution in [-0.2, 0) is 21.4 Å². The number of nitrogens with one attached hydrogen (secondary N) is 2. The Bertz CT molecular complexity index is 1210. The van der Waals surface area contributed by atoms with Crippen molar-refractivity contribution in [1.82, 2.24) is 9.13 Å². The third kappa shape index (κ3) is 6.74. The lowest BCUT2D eigenvalue weighted by Crippen LogP contribution is -2.42. The minimum absolute atomic E-state index is 0.133. The molecule has 2 aromatic rings. The summed E-state index contributed by atoms with van der Waals surface area (Å²) in [7, 11) is 2.60. The second kappa shape index (κ2) is 12.3. The number of aromatic hydroxyl groups is 1. The number of carbonyl (C=O) groups is 3. The number of nitrogens with zero attached hydrogens (tertiary/aromatic N) is 2. The summed E-state index contributed by atoms with van der Waals surface area (Å²) in [5.74, 6) is -2.63. The topological polar surface area (TPSA) is 132 Å². The normalized spacial score (nSPS) is 13.1. The molecule has 204 valence electrons. The molecule has 0 fully saturated rings. The molecule has 10 nitrogen and oxygen atoms in total. The van der Waals surface area contributed by atoms with Gasteiger partial charge < -0.3 is 20.5 Å². The van der Waals surface area contributed by atoms with Gasteiger partial charge in [-0.15, -0.1) is 0 Å². The standard InChI is InChI=1S/C26H37ClN4O6/c1-8-10-11-15(9-2)21(33)28-16-12-13-17(27)18(14-16)29-22(34)19(20(32)26(3,4)5)31-23(35)24(37-7)30(6)25(31)36/h12-15,19,35H,8-11H2,1-7H3,(H,28,33)(H,29,34). The maximum absolute atomic E-state index is 13.5. The van der Waals surface area contributed by atoms with Crippen LogP contribution in [0.25, 0.3) is 0 Å². The van der Waals surface area contributed by atoms with E-state index in [-0.39, 0.29) is 28.4 Å². The maximum atomic E-state index is 13.5. The first kappa shape index (κ1) is 30.0. The number of halogens is 1. The van der Waals surface area contributed by atoms with Gasteiger partial charge in [-0.3, -0.25) is 19.0 Å². The van der Waals surface area contributed by atoms with E-state index in [0.717, 1.165) is 23.8 Å². The maximum Gasteiger partial charge on any atom is 0.334 e. The second-order valence-corrected chi connectivity index (χ2v) is 10.4. The highest BCUT2D eigenvalue weighted by atomic mass is 35.5. The molecule has 0 saturated heterocycles. The lowest BCUT2D eigenvalue weighted by molar-refractivity contribution is -0.135. The van der Waals surface area contributed by atoms with E-state index in [2.05, 4.69) is 17.6 Å². The summed E-state index contributed by atoms with van der Waals surface area (Å²) in [5, 5.41) is 16.2. The van der Waals surface area contributed by atoms with Gasteiger partial charge in [-0.05, 0) is 31.0 Å². The fourth-order valence-corrected chi connectivity index (χ4v) is 4.10. The lowest BCUT2D eigenvalue weighted by atomic mass is 9.86. The number of carbonyl (C=O) groups excluding carboxylic acids is 3. The number of Topliss-reactive ketones (excluding diaryl/α,β-unsaturated/α-hetero) is 1. The minimum atomic E-state index is -1.71. The van der Waals surface area contributed by atoms with E-state index >= 15 is 0 Å². The van der Waals surface area contributed by atoms with Gasteiger partial charge in [-0.2, -0.15) is 0 Å². The molecule has 0 spiro atoms. The van der Waals surface area contributed by atoms with E-state index in [1.807, 2.05) is 6.92 Å². The Balaban J connectivity index is 2.44. The second-order valence-electron chi connectivity index (χ2n) is 9.98. The molecule has 2 atom stereocenters. The van der Waals surface area contributed by atoms with Crippen molar-refractivity contribution >= 4 is 40.6 Å². The quantitative estimate of drug-likeness (QED) is 0.362. The van der Waals surface area contributed by atoms with Crippen LogP contribution in [-0.4, -0.2) is 38.9 Å². The van der Waals surface area contributed by atoms with Gasteiger partial charge in [0.25, 0.3) is 17.7 Å². The molecule has 37 heavy (non-hydrogen) atoms. The summed E-state index contributed by atoms with van der Waals surface area (Å²) in [5.41, 5.74) is -1.30. The van der Waals surface area contributed by atoms with Crippen molar-refractivity contribution < 1.29 is 24.2 Å². The van der Waals surface area contributed by atoms with Gasteiger partial charge >= 0.3 is 5.69 Å². The summed E-state index contributed by atoms with van der Waals surface area (Å²) in [6.07, 6.45) is 3.39. The first-order valence-corrected chi connectivity index (χ1v) is 12.7. The Labute approximate surface area is 221 Å². The molecule has 0 aliphatic heterocycles. The van der Waals surface area contributed by atoms with E-state index in [9.17, 15) is 24.3 Å². The van der Waals surface area contributed by atoms with Gasteiger partial charge in [-0.1, -0.05) is 59.1 Å². The smallest absolute Gasteiger partial charge is 0.334 e. The SMILES string of the molecule is CCCCC(CC)C(=O)Nc1ccc(Cl)c(NC(=O)C(C(=O)C(C)(C)C)n2c(O)c(OC)n(C)c2=O)c1. The largest absolute Gasteiger partial charge is 0.491 e. The zero-order chi connectivity index (χ0) is 28.1. The van der Waals surface area contributed by atoms with Gasteiger partial charge in [0, 0.05) is 24.1 Å². The van der Waals surface area contributed by atoms with Crippen molar-refractivity contribution in [2.75, 3.05) is 17.7 Å². The summed E-state index contributed by atoms with van der Waals surface area (Å²) in [6.45, 7) is 8.82. The number of aromatic nitrogens is 2. The van der Waals surface area contributed by atoms with Crippen LogP contribution in [0.2, 0.25) is 5.02 Å². The van der Waals surface area contributed by atoms with E-state index < -0.39 is 34.7 Å². The molecular weight excluding hydrogens is 500 g/mol. The van der Waals surface area contributed by atoms with Crippen molar-refractivity contribution in [2.45, 2.75) is 66.3 Å². The van der Waals surface area contributed by atoms with Crippen molar-refractivity contribution in [3.8, 4) is 11.8 Å². The van der Waals surface area contributed by atoms with Crippen LogP contribution in [0.1, 0.15) is 66.3 Å². The molecule has 2 rings (SSSR count). The van der Waals surface area contributed by atoms with Crippen LogP contribution < -0.4 is 21.1 Å². The number of hydrogen-bond donors (Lipinski definition) is 3. The first-order chi connectivity index (χ1) is 17.3. The van der Waals surface area contributed by atoms with E-state index in [4.69, 9.17) is 16.3 Å². The third-order valence-electron chi connectivity index (χ3n) is 6.17. The van der Waals surface area contributed by atoms with Crippen LogP contribution in [0.15, 0.2) is 23.0 Å². The minimum Gasteiger partial charge on any atom is -0.491 e. The fraction of sp³-hybridized carbons (Fsp3) is 0.538. The number of imidazole rings is 1. The monoisotopic (exact) mass is 536 g/mol. The predicted octanol–water partition coefficient (Wildman–Crippen LogP) is 4.50.